The molecule has 0 amide bonds. The van der Waals surface area contributed by atoms with Gasteiger partial charge in [0.1, 0.15) is 25.2 Å². The van der Waals surface area contributed by atoms with E-state index in [0.717, 1.165) is 31.0 Å². The summed E-state index contributed by atoms with van der Waals surface area (Å²) < 4.78 is 32.0. The third-order valence-corrected chi connectivity index (χ3v) is 4.58. The minimum atomic E-state index is -0.592. The number of rotatable bonds is 5. The van der Waals surface area contributed by atoms with Gasteiger partial charge in [0.15, 0.2) is 0 Å². The molecule has 2 aromatic carbocycles. The number of benzene rings is 2. The molecule has 0 bridgehead atoms. The first-order valence-electron chi connectivity index (χ1n) is 9.15. The number of hydrogen-bond acceptors (Lipinski definition) is 5. The fourth-order valence-electron chi connectivity index (χ4n) is 3.35. The Labute approximate surface area is 169 Å². The normalized spacial score (nSPS) is 17.2. The second-order valence-electron chi connectivity index (χ2n) is 6.24. The lowest BCUT2D eigenvalue weighted by Gasteiger charge is -2.21. The summed E-state index contributed by atoms with van der Waals surface area (Å²) in [6.07, 6.45) is 2.73. The maximum atomic E-state index is 13.9. The summed E-state index contributed by atoms with van der Waals surface area (Å²) in [5.41, 5.74) is 1.90. The molecule has 5 nitrogen and oxygen atoms in total. The molecule has 1 N–H and O–H groups in total. The van der Waals surface area contributed by atoms with Crippen molar-refractivity contribution >= 4 is 25.2 Å². The molecule has 156 valence electrons. The zero-order valence-electron chi connectivity index (χ0n) is 16.3. The molecule has 29 heavy (non-hydrogen) atoms. The van der Waals surface area contributed by atoms with Crippen LogP contribution in [-0.4, -0.2) is 32.2 Å². The Balaban J connectivity index is 0.000000989. The van der Waals surface area contributed by atoms with Crippen LogP contribution in [0, 0.1) is 17.6 Å². The molecule has 1 aliphatic carbocycles. The van der Waals surface area contributed by atoms with E-state index in [1.54, 1.807) is 12.1 Å². The van der Waals surface area contributed by atoms with E-state index in [4.69, 9.17) is 14.3 Å². The van der Waals surface area contributed by atoms with E-state index in [1.807, 2.05) is 32.6 Å². The van der Waals surface area contributed by atoms with Crippen molar-refractivity contribution < 1.29 is 27.9 Å². The van der Waals surface area contributed by atoms with Crippen LogP contribution in [0.2, 0.25) is 0 Å². The topological polar surface area (TPSA) is 72.5 Å². The van der Waals surface area contributed by atoms with Gasteiger partial charge in [-0.15, -0.1) is 0 Å². The highest BCUT2D eigenvalue weighted by Gasteiger charge is 2.33. The van der Waals surface area contributed by atoms with Gasteiger partial charge >= 0.3 is 5.97 Å². The smallest absolute Gasteiger partial charge is 0.311 e. The Morgan fingerprint density at radius 3 is 2.31 bits per heavy atom. The molecule has 0 saturated heterocycles. The van der Waals surface area contributed by atoms with Crippen molar-refractivity contribution in [1.29, 1.82) is 0 Å². The monoisotopic (exact) mass is 405 g/mol. The van der Waals surface area contributed by atoms with Gasteiger partial charge in [-0.2, -0.15) is 0 Å². The molecule has 1 aliphatic rings. The van der Waals surface area contributed by atoms with Crippen molar-refractivity contribution in [1.82, 2.24) is 0 Å². The van der Waals surface area contributed by atoms with Gasteiger partial charge in [0.2, 0.25) is 0 Å². The van der Waals surface area contributed by atoms with Gasteiger partial charge in [-0.25, -0.2) is 8.78 Å². The van der Waals surface area contributed by atoms with Gasteiger partial charge in [-0.05, 0) is 49.6 Å². The van der Waals surface area contributed by atoms with E-state index in [1.165, 1.54) is 12.1 Å². The molecule has 0 spiro atoms. The number of carbonyl (C=O) groups is 3. The molecule has 2 aromatic rings. The summed E-state index contributed by atoms with van der Waals surface area (Å²) in [6, 6.07) is 10.9. The van der Waals surface area contributed by atoms with Gasteiger partial charge in [0.05, 0.1) is 12.5 Å². The standard InChI is InChI=1S/C20H21F2NO2.2CH2O/c1-2-25-20(24)17-4-3-5-19(17)23-15-9-6-13(7-10-15)16-11-8-14(21)12-18(16)22;2*1-2/h6-12,17,19,23H,2-5H2,1H3;2*1H2. The van der Waals surface area contributed by atoms with Crippen LogP contribution in [0.25, 0.3) is 11.1 Å². The predicted octanol–water partition coefficient (Wildman–Crippen LogP) is 4.41. The number of carbonyl (C=O) groups excluding carboxylic acids is 3. The molecule has 2 atom stereocenters. The van der Waals surface area contributed by atoms with E-state index < -0.39 is 11.6 Å². The summed E-state index contributed by atoms with van der Waals surface area (Å²) in [5, 5.41) is 3.38. The van der Waals surface area contributed by atoms with Crippen molar-refractivity contribution in [2.24, 2.45) is 5.92 Å². The highest BCUT2D eigenvalue weighted by molar-refractivity contribution is 5.74. The lowest BCUT2D eigenvalue weighted by molar-refractivity contribution is -0.148. The number of halogens is 2. The van der Waals surface area contributed by atoms with Crippen molar-refractivity contribution in [3.05, 3.63) is 54.1 Å². The van der Waals surface area contributed by atoms with Crippen LogP contribution in [-0.2, 0) is 19.1 Å². The Hall–Kier alpha value is -3.09. The first-order valence-corrected chi connectivity index (χ1v) is 9.15. The molecular formula is C22H25F2NO4. The molecule has 3 rings (SSSR count). The molecule has 7 heteroatoms. The van der Waals surface area contributed by atoms with Crippen LogP contribution in [0.3, 0.4) is 0 Å². The van der Waals surface area contributed by atoms with Crippen LogP contribution < -0.4 is 5.32 Å². The zero-order chi connectivity index (χ0) is 21.8. The fourth-order valence-corrected chi connectivity index (χ4v) is 3.35. The largest absolute Gasteiger partial charge is 0.466 e. The van der Waals surface area contributed by atoms with Crippen LogP contribution in [0.4, 0.5) is 14.5 Å². The maximum absolute atomic E-state index is 13.9. The van der Waals surface area contributed by atoms with Gasteiger partial charge in [-0.3, -0.25) is 4.79 Å². The first-order chi connectivity index (χ1) is 14.1. The average molecular weight is 405 g/mol. The Morgan fingerprint density at radius 1 is 1.07 bits per heavy atom. The number of anilines is 1. The number of nitrogens with one attached hydrogen (secondary N) is 1. The summed E-state index contributed by atoms with van der Waals surface area (Å²) >= 11 is 0. The second-order valence-corrected chi connectivity index (χ2v) is 6.24. The third-order valence-electron chi connectivity index (χ3n) is 4.58. The molecular weight excluding hydrogens is 380 g/mol. The molecule has 0 heterocycles. The summed E-state index contributed by atoms with van der Waals surface area (Å²) in [5.74, 6) is -1.46. The van der Waals surface area contributed by atoms with E-state index in [2.05, 4.69) is 5.32 Å². The Kier molecular flexibility index (Phi) is 10.2. The summed E-state index contributed by atoms with van der Waals surface area (Å²) in [4.78, 5) is 28.0. The minimum absolute atomic E-state index is 0.0486. The maximum Gasteiger partial charge on any atom is 0.311 e. The summed E-state index contributed by atoms with van der Waals surface area (Å²) in [6.45, 7) is 6.20. The van der Waals surface area contributed by atoms with Crippen LogP contribution >= 0.6 is 0 Å². The highest BCUT2D eigenvalue weighted by atomic mass is 19.1. The van der Waals surface area contributed by atoms with E-state index >= 15 is 0 Å². The Bertz CT molecular complexity index is 781. The predicted molar refractivity (Wildman–Crippen MR) is 107 cm³/mol. The van der Waals surface area contributed by atoms with Crippen molar-refractivity contribution in [2.75, 3.05) is 11.9 Å². The molecule has 1 saturated carbocycles. The van der Waals surface area contributed by atoms with E-state index in [0.29, 0.717) is 17.7 Å². The number of ether oxygens (including phenoxy) is 1. The van der Waals surface area contributed by atoms with Crippen LogP contribution in [0.15, 0.2) is 42.5 Å². The van der Waals surface area contributed by atoms with Gasteiger partial charge in [-0.1, -0.05) is 18.6 Å². The molecule has 1 fully saturated rings. The molecule has 0 radical (unpaired) electrons. The summed E-state index contributed by atoms with van der Waals surface area (Å²) in [7, 11) is 0. The fraction of sp³-hybridized carbons (Fsp3) is 0.318. The molecule has 0 aromatic heterocycles. The van der Waals surface area contributed by atoms with Crippen molar-refractivity contribution in [3.63, 3.8) is 0 Å². The average Bonchev–Trinajstić information content (AvgIpc) is 3.20. The zero-order valence-corrected chi connectivity index (χ0v) is 16.3. The van der Waals surface area contributed by atoms with Crippen molar-refractivity contribution in [3.8, 4) is 11.1 Å². The van der Waals surface area contributed by atoms with Crippen LogP contribution in [0.1, 0.15) is 26.2 Å². The Morgan fingerprint density at radius 2 is 1.72 bits per heavy atom. The lowest BCUT2D eigenvalue weighted by atomic mass is 10.0. The second kappa shape index (κ2) is 12.4. The molecule has 2 unspecified atom stereocenters. The lowest BCUT2D eigenvalue weighted by Crippen LogP contribution is -2.31. The number of hydrogen-bond donors (Lipinski definition) is 1. The highest BCUT2D eigenvalue weighted by Crippen LogP contribution is 2.31. The van der Waals surface area contributed by atoms with Crippen molar-refractivity contribution in [2.45, 2.75) is 32.2 Å². The third kappa shape index (κ3) is 6.48. The number of esters is 1. The minimum Gasteiger partial charge on any atom is -0.466 e. The van der Waals surface area contributed by atoms with Gasteiger partial charge in [0.25, 0.3) is 0 Å². The van der Waals surface area contributed by atoms with Gasteiger partial charge < -0.3 is 19.6 Å². The van der Waals surface area contributed by atoms with Crippen LogP contribution in [0.5, 0.6) is 0 Å². The van der Waals surface area contributed by atoms with E-state index in [9.17, 15) is 13.6 Å². The van der Waals surface area contributed by atoms with Gasteiger partial charge in [0, 0.05) is 23.4 Å². The SMILES string of the molecule is C=O.C=O.CCOC(=O)C1CCCC1Nc1ccc(-c2ccc(F)cc2F)cc1. The first kappa shape index (κ1) is 23.9. The van der Waals surface area contributed by atoms with E-state index in [-0.39, 0.29) is 17.9 Å². The quantitative estimate of drug-likeness (QED) is 0.747. The molecule has 0 aliphatic heterocycles.